The second-order valence-corrected chi connectivity index (χ2v) is 5.50. The normalized spacial score (nSPS) is 10.6. The monoisotopic (exact) mass is 365 g/mol. The summed E-state index contributed by atoms with van der Waals surface area (Å²) in [4.78, 5) is 0. The number of nitrogens with one attached hydrogen (secondary N) is 1. The minimum absolute atomic E-state index is 0.0306. The van der Waals surface area contributed by atoms with Crippen LogP contribution in [0.25, 0.3) is 0 Å². The molecular formula is C13H8BrCl2F2N. The third kappa shape index (κ3) is 3.38. The Labute approximate surface area is 127 Å². The SMILES string of the molecule is Fc1ccc(Br)c(F)c1CNc1cc(Cl)ccc1Cl. The average Bonchev–Trinajstić information content (AvgIpc) is 2.38. The van der Waals surface area contributed by atoms with E-state index in [2.05, 4.69) is 21.2 Å². The lowest BCUT2D eigenvalue weighted by Crippen LogP contribution is -2.05. The van der Waals surface area contributed by atoms with Crippen molar-refractivity contribution < 1.29 is 8.78 Å². The van der Waals surface area contributed by atoms with Crippen molar-refractivity contribution in [3.63, 3.8) is 0 Å². The van der Waals surface area contributed by atoms with Gasteiger partial charge in [-0.25, -0.2) is 8.78 Å². The van der Waals surface area contributed by atoms with E-state index in [0.717, 1.165) is 0 Å². The van der Waals surface area contributed by atoms with E-state index in [4.69, 9.17) is 23.2 Å². The van der Waals surface area contributed by atoms with Crippen LogP contribution in [0.15, 0.2) is 34.8 Å². The molecule has 100 valence electrons. The average molecular weight is 367 g/mol. The minimum Gasteiger partial charge on any atom is -0.379 e. The highest BCUT2D eigenvalue weighted by atomic mass is 79.9. The van der Waals surface area contributed by atoms with Crippen LogP contribution in [0.4, 0.5) is 14.5 Å². The quantitative estimate of drug-likeness (QED) is 0.692. The Bertz CT molecular complexity index is 620. The fourth-order valence-corrected chi connectivity index (χ4v) is 2.28. The van der Waals surface area contributed by atoms with Gasteiger partial charge in [-0.2, -0.15) is 0 Å². The molecule has 0 aliphatic rings. The van der Waals surface area contributed by atoms with Gasteiger partial charge in [0, 0.05) is 17.1 Å². The fourth-order valence-electron chi connectivity index (χ4n) is 1.55. The van der Waals surface area contributed by atoms with Crippen LogP contribution < -0.4 is 5.32 Å². The van der Waals surface area contributed by atoms with Gasteiger partial charge in [-0.1, -0.05) is 23.2 Å². The molecule has 0 atom stereocenters. The number of anilines is 1. The Hall–Kier alpha value is -0.840. The predicted octanol–water partition coefficient (Wildman–Crippen LogP) is 5.65. The molecule has 19 heavy (non-hydrogen) atoms. The van der Waals surface area contributed by atoms with E-state index in [1.165, 1.54) is 12.1 Å². The van der Waals surface area contributed by atoms with Gasteiger partial charge in [-0.15, -0.1) is 0 Å². The van der Waals surface area contributed by atoms with Crippen molar-refractivity contribution in [2.75, 3.05) is 5.32 Å². The lowest BCUT2D eigenvalue weighted by atomic mass is 10.2. The maximum absolute atomic E-state index is 13.8. The van der Waals surface area contributed by atoms with Crippen LogP contribution in [-0.4, -0.2) is 0 Å². The first-order valence-corrected chi connectivity index (χ1v) is 6.85. The zero-order chi connectivity index (χ0) is 14.0. The van der Waals surface area contributed by atoms with E-state index < -0.39 is 11.6 Å². The van der Waals surface area contributed by atoms with E-state index in [0.29, 0.717) is 15.7 Å². The number of hydrogen-bond acceptors (Lipinski definition) is 1. The summed E-state index contributed by atoms with van der Waals surface area (Å²) in [7, 11) is 0. The molecule has 0 aliphatic heterocycles. The molecule has 0 heterocycles. The van der Waals surface area contributed by atoms with E-state index in [9.17, 15) is 8.78 Å². The standard InChI is InChI=1S/C13H8BrCl2F2N/c14-9-2-4-11(17)8(13(9)18)6-19-12-5-7(15)1-3-10(12)16/h1-5,19H,6H2. The maximum atomic E-state index is 13.8. The van der Waals surface area contributed by atoms with Crippen LogP contribution in [0.2, 0.25) is 10.0 Å². The van der Waals surface area contributed by atoms with Gasteiger partial charge in [0.2, 0.25) is 0 Å². The summed E-state index contributed by atoms with van der Waals surface area (Å²) < 4.78 is 27.5. The van der Waals surface area contributed by atoms with Crippen molar-refractivity contribution in [3.8, 4) is 0 Å². The van der Waals surface area contributed by atoms with Crippen LogP contribution in [0.3, 0.4) is 0 Å². The molecule has 0 bridgehead atoms. The summed E-state index contributed by atoms with van der Waals surface area (Å²) in [6.45, 7) is -0.0306. The van der Waals surface area contributed by atoms with Crippen LogP contribution in [0.5, 0.6) is 0 Å². The van der Waals surface area contributed by atoms with Crippen molar-refractivity contribution in [3.05, 3.63) is 62.0 Å². The molecule has 0 unspecified atom stereocenters. The van der Waals surface area contributed by atoms with Crippen molar-refractivity contribution in [1.29, 1.82) is 0 Å². The van der Waals surface area contributed by atoms with Crippen molar-refractivity contribution in [1.82, 2.24) is 0 Å². The molecule has 0 saturated carbocycles. The summed E-state index contributed by atoms with van der Waals surface area (Å²) in [5.74, 6) is -1.25. The number of rotatable bonds is 3. The molecular weight excluding hydrogens is 359 g/mol. The highest BCUT2D eigenvalue weighted by Crippen LogP contribution is 2.27. The molecule has 2 rings (SSSR count). The zero-order valence-electron chi connectivity index (χ0n) is 9.48. The van der Waals surface area contributed by atoms with Crippen molar-refractivity contribution in [2.45, 2.75) is 6.54 Å². The van der Waals surface area contributed by atoms with Gasteiger partial charge in [0.1, 0.15) is 11.6 Å². The summed E-state index contributed by atoms with van der Waals surface area (Å²) in [5.41, 5.74) is 0.457. The van der Waals surface area contributed by atoms with Crippen molar-refractivity contribution >= 4 is 44.8 Å². The number of hydrogen-bond donors (Lipinski definition) is 1. The Morgan fingerprint density at radius 1 is 1.11 bits per heavy atom. The maximum Gasteiger partial charge on any atom is 0.145 e. The first-order chi connectivity index (χ1) is 8.99. The number of benzene rings is 2. The molecule has 0 spiro atoms. The largest absolute Gasteiger partial charge is 0.379 e. The molecule has 0 aromatic heterocycles. The Balaban J connectivity index is 2.24. The summed E-state index contributed by atoms with van der Waals surface area (Å²) in [5, 5.41) is 3.78. The Morgan fingerprint density at radius 3 is 2.58 bits per heavy atom. The molecule has 0 saturated heterocycles. The molecule has 0 amide bonds. The smallest absolute Gasteiger partial charge is 0.145 e. The van der Waals surface area contributed by atoms with Gasteiger partial charge in [0.05, 0.1) is 15.2 Å². The van der Waals surface area contributed by atoms with E-state index in [-0.39, 0.29) is 16.6 Å². The molecule has 0 fully saturated rings. The Kier molecular flexibility index (Phi) is 4.66. The molecule has 6 heteroatoms. The molecule has 0 radical (unpaired) electrons. The van der Waals surface area contributed by atoms with Crippen LogP contribution in [0, 0.1) is 11.6 Å². The van der Waals surface area contributed by atoms with Crippen LogP contribution >= 0.6 is 39.1 Å². The Morgan fingerprint density at radius 2 is 1.84 bits per heavy atom. The van der Waals surface area contributed by atoms with Gasteiger partial charge in [0.25, 0.3) is 0 Å². The number of halogens is 5. The van der Waals surface area contributed by atoms with Gasteiger partial charge in [-0.05, 0) is 46.3 Å². The zero-order valence-corrected chi connectivity index (χ0v) is 12.6. The van der Waals surface area contributed by atoms with Crippen LogP contribution in [-0.2, 0) is 6.54 Å². The van der Waals surface area contributed by atoms with Gasteiger partial charge in [0.15, 0.2) is 0 Å². The second kappa shape index (κ2) is 6.07. The summed E-state index contributed by atoms with van der Waals surface area (Å²) in [6, 6.07) is 7.36. The van der Waals surface area contributed by atoms with Gasteiger partial charge < -0.3 is 5.32 Å². The molecule has 2 aromatic carbocycles. The van der Waals surface area contributed by atoms with E-state index in [1.807, 2.05) is 0 Å². The van der Waals surface area contributed by atoms with Crippen molar-refractivity contribution in [2.24, 2.45) is 0 Å². The third-order valence-corrected chi connectivity index (χ3v) is 3.70. The topological polar surface area (TPSA) is 12.0 Å². The first kappa shape index (κ1) is 14.6. The lowest BCUT2D eigenvalue weighted by molar-refractivity contribution is 0.556. The highest BCUT2D eigenvalue weighted by molar-refractivity contribution is 9.10. The molecule has 1 nitrogen and oxygen atoms in total. The van der Waals surface area contributed by atoms with Gasteiger partial charge in [-0.3, -0.25) is 0 Å². The van der Waals surface area contributed by atoms with E-state index in [1.54, 1.807) is 18.2 Å². The minimum atomic E-state index is -0.634. The fraction of sp³-hybridized carbons (Fsp3) is 0.0769. The molecule has 1 N–H and O–H groups in total. The summed E-state index contributed by atoms with van der Waals surface area (Å²) in [6.07, 6.45) is 0. The molecule has 0 aliphatic carbocycles. The predicted molar refractivity (Wildman–Crippen MR) is 77.8 cm³/mol. The lowest BCUT2D eigenvalue weighted by Gasteiger charge is -2.11. The van der Waals surface area contributed by atoms with E-state index >= 15 is 0 Å². The van der Waals surface area contributed by atoms with Crippen LogP contribution in [0.1, 0.15) is 5.56 Å². The highest BCUT2D eigenvalue weighted by Gasteiger charge is 2.12. The molecule has 2 aromatic rings. The first-order valence-electron chi connectivity index (χ1n) is 5.30. The second-order valence-electron chi connectivity index (χ2n) is 3.80. The summed E-state index contributed by atoms with van der Waals surface area (Å²) >= 11 is 14.8. The third-order valence-electron chi connectivity index (χ3n) is 2.52. The van der Waals surface area contributed by atoms with Gasteiger partial charge >= 0.3 is 0 Å².